The molecule has 0 saturated carbocycles. The second kappa shape index (κ2) is 10.6. The number of H-pyrrole nitrogens is 1. The Morgan fingerprint density at radius 1 is 1.23 bits per heavy atom. The van der Waals surface area contributed by atoms with Gasteiger partial charge in [-0.05, 0) is 52.2 Å². The molecule has 3 aromatic heterocycles. The fourth-order valence-electron chi connectivity index (χ4n) is 4.84. The van der Waals surface area contributed by atoms with Crippen molar-refractivity contribution in [2.24, 2.45) is 0 Å². The highest BCUT2D eigenvalue weighted by molar-refractivity contribution is 6.35. The molecule has 0 radical (unpaired) electrons. The van der Waals surface area contributed by atoms with Crippen molar-refractivity contribution in [3.63, 3.8) is 0 Å². The average molecular weight is 572 g/mol. The van der Waals surface area contributed by atoms with Gasteiger partial charge in [0.25, 0.3) is 0 Å². The summed E-state index contributed by atoms with van der Waals surface area (Å²) in [6.45, 7) is 5.01. The molecule has 1 aliphatic heterocycles. The zero-order chi connectivity index (χ0) is 27.9. The quantitative estimate of drug-likeness (QED) is 0.311. The van der Waals surface area contributed by atoms with E-state index in [1.54, 1.807) is 16.0 Å². The van der Waals surface area contributed by atoms with Gasteiger partial charge in [-0.1, -0.05) is 23.2 Å². The zero-order valence-corrected chi connectivity index (χ0v) is 23.4. The number of pyridine rings is 2. The van der Waals surface area contributed by atoms with Crippen molar-refractivity contribution >= 4 is 45.8 Å². The van der Waals surface area contributed by atoms with E-state index in [0.29, 0.717) is 52.2 Å². The molecule has 9 nitrogen and oxygen atoms in total. The number of fused-ring (bicyclic) bond motifs is 1. The lowest BCUT2D eigenvalue weighted by Crippen LogP contribution is -2.69. The molecule has 204 valence electrons. The lowest BCUT2D eigenvalue weighted by Gasteiger charge is -2.49. The third-order valence-corrected chi connectivity index (χ3v) is 7.12. The Kier molecular flexibility index (Phi) is 7.37. The van der Waals surface area contributed by atoms with Crippen LogP contribution < -0.4 is 15.0 Å². The van der Waals surface area contributed by atoms with Gasteiger partial charge < -0.3 is 19.9 Å². The first-order valence-corrected chi connectivity index (χ1v) is 13.1. The summed E-state index contributed by atoms with van der Waals surface area (Å²) < 4.78 is 21.4. The predicted octanol–water partition coefficient (Wildman–Crippen LogP) is 4.86. The van der Waals surface area contributed by atoms with Crippen LogP contribution in [0, 0.1) is 5.82 Å². The van der Waals surface area contributed by atoms with Crippen LogP contribution in [0.1, 0.15) is 25.5 Å². The normalized spacial score (nSPS) is 15.3. The maximum atomic E-state index is 15.2. The summed E-state index contributed by atoms with van der Waals surface area (Å²) in [4.78, 5) is 24.1. The number of hydrogen-bond donors (Lipinski definition) is 2. The fraction of sp³-hybridized carbons (Fsp3) is 0.333. The highest BCUT2D eigenvalue weighted by Gasteiger charge is 2.41. The maximum absolute atomic E-state index is 15.2. The molecule has 5 rings (SSSR count). The number of aromatic nitrogens is 4. The van der Waals surface area contributed by atoms with Crippen molar-refractivity contribution in [2.45, 2.75) is 25.5 Å². The van der Waals surface area contributed by atoms with Crippen LogP contribution in [-0.2, 0) is 4.79 Å². The summed E-state index contributed by atoms with van der Waals surface area (Å²) in [7, 11) is 3.67. The van der Waals surface area contributed by atoms with Crippen LogP contribution in [0.2, 0.25) is 10.0 Å². The smallest absolute Gasteiger partial charge is 0.234 e. The Hall–Kier alpha value is -3.47. The standard InChI is InChI=1S/C27H28Cl2FN7O2/c1-15(24-19(28)10-31-11-20(24)29)39-17-5-6-22-18(8-17)25(35-34-22)16-7-21(30)26(32-9-16)37-13-27(2,14-37)33-23(38)12-36(3)4/h5-11,15H,12-14H2,1-4H3,(H,33,38)(H,34,35)/t15-/m1/s1. The van der Waals surface area contributed by atoms with E-state index in [2.05, 4.69) is 25.5 Å². The molecule has 1 atom stereocenters. The molecule has 39 heavy (non-hydrogen) atoms. The Labute approximate surface area is 235 Å². The summed E-state index contributed by atoms with van der Waals surface area (Å²) in [5, 5.41) is 12.0. The van der Waals surface area contributed by atoms with Gasteiger partial charge in [0, 0.05) is 48.2 Å². The molecule has 2 N–H and O–H groups in total. The number of anilines is 1. The average Bonchev–Trinajstić information content (AvgIpc) is 3.25. The van der Waals surface area contributed by atoms with Gasteiger partial charge in [0.1, 0.15) is 17.5 Å². The van der Waals surface area contributed by atoms with Crippen LogP contribution in [0.3, 0.4) is 0 Å². The van der Waals surface area contributed by atoms with Gasteiger partial charge in [-0.15, -0.1) is 0 Å². The highest BCUT2D eigenvalue weighted by Crippen LogP contribution is 2.36. The van der Waals surface area contributed by atoms with Gasteiger partial charge in [-0.2, -0.15) is 5.10 Å². The number of likely N-dealkylation sites (N-methyl/N-ethyl adjacent to an activating group) is 1. The van der Waals surface area contributed by atoms with Gasteiger partial charge in [0.05, 0.1) is 27.6 Å². The van der Waals surface area contributed by atoms with E-state index in [1.165, 1.54) is 18.5 Å². The molecule has 0 bridgehead atoms. The summed E-state index contributed by atoms with van der Waals surface area (Å²) in [5.74, 6) is 0.277. The fourth-order valence-corrected chi connectivity index (χ4v) is 5.51. The molecule has 0 spiro atoms. The van der Waals surface area contributed by atoms with Crippen molar-refractivity contribution in [2.75, 3.05) is 38.6 Å². The van der Waals surface area contributed by atoms with Crippen LogP contribution in [0.5, 0.6) is 5.75 Å². The Morgan fingerprint density at radius 2 is 1.95 bits per heavy atom. The Bertz CT molecular complexity index is 1520. The largest absolute Gasteiger partial charge is 0.486 e. The first-order chi connectivity index (χ1) is 18.5. The number of halogens is 3. The van der Waals surface area contributed by atoms with Crippen LogP contribution in [0.25, 0.3) is 22.2 Å². The second-order valence-electron chi connectivity index (χ2n) is 10.3. The molecule has 1 aromatic carbocycles. The molecule has 4 aromatic rings. The highest BCUT2D eigenvalue weighted by atomic mass is 35.5. The van der Waals surface area contributed by atoms with Crippen molar-refractivity contribution in [3.8, 4) is 17.0 Å². The molecule has 0 unspecified atom stereocenters. The number of hydrogen-bond acceptors (Lipinski definition) is 7. The number of amides is 1. The van der Waals surface area contributed by atoms with Gasteiger partial charge in [0.15, 0.2) is 11.6 Å². The van der Waals surface area contributed by atoms with Crippen molar-refractivity contribution in [1.82, 2.24) is 30.4 Å². The minimum atomic E-state index is -0.465. The van der Waals surface area contributed by atoms with E-state index in [1.807, 2.05) is 46.1 Å². The number of rotatable bonds is 8. The summed E-state index contributed by atoms with van der Waals surface area (Å²) in [6, 6.07) is 6.90. The van der Waals surface area contributed by atoms with Gasteiger partial charge in [0.2, 0.25) is 5.91 Å². The predicted molar refractivity (Wildman–Crippen MR) is 150 cm³/mol. The third kappa shape index (κ3) is 5.63. The number of nitrogens with zero attached hydrogens (tertiary/aromatic N) is 5. The van der Waals surface area contributed by atoms with E-state index >= 15 is 4.39 Å². The molecule has 4 heterocycles. The third-order valence-electron chi connectivity index (χ3n) is 6.52. The first-order valence-electron chi connectivity index (χ1n) is 12.3. The number of carbonyl (C=O) groups excluding carboxylic acids is 1. The van der Waals surface area contributed by atoms with Crippen molar-refractivity contribution in [3.05, 3.63) is 64.3 Å². The first kappa shape index (κ1) is 27.1. The summed E-state index contributed by atoms with van der Waals surface area (Å²) >= 11 is 12.6. The number of aromatic amines is 1. The topological polar surface area (TPSA) is 99.3 Å². The molecule has 1 saturated heterocycles. The second-order valence-corrected chi connectivity index (χ2v) is 11.1. The number of ether oxygens (including phenoxy) is 1. The zero-order valence-electron chi connectivity index (χ0n) is 21.9. The van der Waals surface area contributed by atoms with Crippen LogP contribution >= 0.6 is 23.2 Å². The Balaban J connectivity index is 1.33. The summed E-state index contributed by atoms with van der Waals surface area (Å²) in [5.41, 5.74) is 2.04. The lowest BCUT2D eigenvalue weighted by molar-refractivity contribution is -0.123. The summed E-state index contributed by atoms with van der Waals surface area (Å²) in [6.07, 6.45) is 4.20. The van der Waals surface area contributed by atoms with Crippen LogP contribution in [-0.4, -0.2) is 70.2 Å². The minimum Gasteiger partial charge on any atom is -0.486 e. The van der Waals surface area contributed by atoms with E-state index in [-0.39, 0.29) is 11.7 Å². The Morgan fingerprint density at radius 3 is 2.62 bits per heavy atom. The molecular formula is C27H28Cl2FN7O2. The minimum absolute atomic E-state index is 0.0685. The number of carbonyl (C=O) groups is 1. The SMILES string of the molecule is C[C@@H](Oc1ccc2[nH]nc(-c3cnc(N4CC(C)(NC(=O)CN(C)C)C4)c(F)c3)c2c1)c1c(Cl)cncc1Cl. The van der Waals surface area contributed by atoms with E-state index < -0.39 is 17.5 Å². The lowest BCUT2D eigenvalue weighted by atomic mass is 9.92. The van der Waals surface area contributed by atoms with E-state index in [4.69, 9.17) is 27.9 Å². The number of benzene rings is 1. The monoisotopic (exact) mass is 571 g/mol. The van der Waals surface area contributed by atoms with E-state index in [9.17, 15) is 4.79 Å². The van der Waals surface area contributed by atoms with E-state index in [0.717, 1.165) is 10.9 Å². The van der Waals surface area contributed by atoms with Gasteiger partial charge in [-0.25, -0.2) is 9.37 Å². The van der Waals surface area contributed by atoms with Gasteiger partial charge >= 0.3 is 0 Å². The molecule has 1 amide bonds. The molecule has 1 fully saturated rings. The van der Waals surface area contributed by atoms with Crippen molar-refractivity contribution < 1.29 is 13.9 Å². The maximum Gasteiger partial charge on any atom is 0.234 e. The van der Waals surface area contributed by atoms with Crippen LogP contribution in [0.15, 0.2) is 42.9 Å². The molecule has 12 heteroatoms. The van der Waals surface area contributed by atoms with Crippen molar-refractivity contribution in [1.29, 1.82) is 0 Å². The molecule has 1 aliphatic rings. The van der Waals surface area contributed by atoms with Crippen LogP contribution in [0.4, 0.5) is 10.2 Å². The molecular weight excluding hydrogens is 544 g/mol. The molecule has 0 aliphatic carbocycles. The van der Waals surface area contributed by atoms with Gasteiger partial charge in [-0.3, -0.25) is 14.9 Å². The number of nitrogens with one attached hydrogen (secondary N) is 2.